The quantitative estimate of drug-likeness (QED) is 0.873. The number of rotatable bonds is 4. The van der Waals surface area contributed by atoms with Gasteiger partial charge in [-0.05, 0) is 37.5 Å². The van der Waals surface area contributed by atoms with E-state index in [0.29, 0.717) is 0 Å². The van der Waals surface area contributed by atoms with Crippen molar-refractivity contribution in [2.24, 2.45) is 5.92 Å². The van der Waals surface area contributed by atoms with Gasteiger partial charge in [0.1, 0.15) is 0 Å². The molecule has 0 radical (unpaired) electrons. The smallest absolute Gasteiger partial charge is 0.223 e. The molecule has 17 heavy (non-hydrogen) atoms. The van der Waals surface area contributed by atoms with Crippen LogP contribution in [0.4, 0.5) is 4.39 Å². The Morgan fingerprint density at radius 3 is 2.76 bits per heavy atom. The van der Waals surface area contributed by atoms with Crippen LogP contribution in [0.5, 0.6) is 5.75 Å². The van der Waals surface area contributed by atoms with Crippen molar-refractivity contribution in [3.8, 4) is 5.75 Å². The highest BCUT2D eigenvalue weighted by Crippen LogP contribution is 2.30. The summed E-state index contributed by atoms with van der Waals surface area (Å²) in [6, 6.07) is 4.56. The van der Waals surface area contributed by atoms with Gasteiger partial charge in [-0.25, -0.2) is 4.39 Å². The molecule has 1 aromatic carbocycles. The van der Waals surface area contributed by atoms with Gasteiger partial charge in [0, 0.05) is 5.92 Å². The van der Waals surface area contributed by atoms with Crippen LogP contribution in [-0.4, -0.2) is 13.0 Å². The average Bonchev–Trinajstić information content (AvgIpc) is 3.12. The number of nitrogens with one attached hydrogen (secondary N) is 1. The summed E-state index contributed by atoms with van der Waals surface area (Å²) < 4.78 is 18.3. The molecule has 0 aliphatic heterocycles. The molecule has 1 fully saturated rings. The van der Waals surface area contributed by atoms with Crippen molar-refractivity contribution in [3.63, 3.8) is 0 Å². The molecule has 0 saturated heterocycles. The molecule has 1 saturated carbocycles. The summed E-state index contributed by atoms with van der Waals surface area (Å²) in [5.41, 5.74) is 0.748. The molecule has 0 bridgehead atoms. The van der Waals surface area contributed by atoms with Crippen LogP contribution < -0.4 is 10.1 Å². The Kier molecular flexibility index (Phi) is 3.31. The molecular weight excluding hydrogens is 221 g/mol. The van der Waals surface area contributed by atoms with Crippen LogP contribution in [0, 0.1) is 11.7 Å². The van der Waals surface area contributed by atoms with E-state index in [4.69, 9.17) is 4.74 Å². The zero-order valence-corrected chi connectivity index (χ0v) is 10.00. The maximum absolute atomic E-state index is 13.5. The van der Waals surface area contributed by atoms with Crippen LogP contribution in [0.25, 0.3) is 0 Å². The summed E-state index contributed by atoms with van der Waals surface area (Å²) in [5, 5.41) is 2.88. The molecule has 0 spiro atoms. The van der Waals surface area contributed by atoms with E-state index in [-0.39, 0.29) is 23.6 Å². The van der Waals surface area contributed by atoms with Gasteiger partial charge in [-0.3, -0.25) is 4.79 Å². The van der Waals surface area contributed by atoms with E-state index in [1.807, 2.05) is 6.92 Å². The summed E-state index contributed by atoms with van der Waals surface area (Å²) >= 11 is 0. The van der Waals surface area contributed by atoms with Crippen molar-refractivity contribution in [3.05, 3.63) is 29.6 Å². The van der Waals surface area contributed by atoms with Crippen LogP contribution >= 0.6 is 0 Å². The van der Waals surface area contributed by atoms with Gasteiger partial charge in [-0.15, -0.1) is 0 Å². The normalized spacial score (nSPS) is 16.4. The second kappa shape index (κ2) is 4.73. The third-order valence-electron chi connectivity index (χ3n) is 2.98. The summed E-state index contributed by atoms with van der Waals surface area (Å²) in [6.07, 6.45) is 1.94. The number of methoxy groups -OCH3 is 1. The van der Waals surface area contributed by atoms with E-state index in [2.05, 4.69) is 5.32 Å². The lowest BCUT2D eigenvalue weighted by molar-refractivity contribution is -0.122. The first kappa shape index (κ1) is 11.9. The van der Waals surface area contributed by atoms with E-state index in [9.17, 15) is 9.18 Å². The molecule has 1 atom stereocenters. The Labute approximate surface area is 100.0 Å². The van der Waals surface area contributed by atoms with Crippen molar-refractivity contribution in [2.75, 3.05) is 7.11 Å². The predicted octanol–water partition coefficient (Wildman–Crippen LogP) is 2.42. The zero-order valence-electron chi connectivity index (χ0n) is 10.00. The Morgan fingerprint density at radius 2 is 2.24 bits per heavy atom. The lowest BCUT2D eigenvalue weighted by atomic mass is 10.1. The zero-order chi connectivity index (χ0) is 12.4. The van der Waals surface area contributed by atoms with Gasteiger partial charge in [0.05, 0.1) is 13.2 Å². The van der Waals surface area contributed by atoms with E-state index in [1.165, 1.54) is 13.2 Å². The second-order valence-electron chi connectivity index (χ2n) is 4.40. The van der Waals surface area contributed by atoms with Crippen molar-refractivity contribution in [1.82, 2.24) is 5.32 Å². The van der Waals surface area contributed by atoms with E-state index in [1.54, 1.807) is 12.1 Å². The van der Waals surface area contributed by atoms with Gasteiger partial charge in [-0.2, -0.15) is 0 Å². The standard InChI is InChI=1S/C13H16FNO2/c1-8(15-13(16)9-3-4-9)10-5-6-12(17-2)11(14)7-10/h5-9H,3-4H2,1-2H3,(H,15,16)/t8-/m1/s1. The maximum atomic E-state index is 13.5. The molecular formula is C13H16FNO2. The first-order chi connectivity index (χ1) is 8.11. The van der Waals surface area contributed by atoms with Gasteiger partial charge >= 0.3 is 0 Å². The third kappa shape index (κ3) is 2.75. The van der Waals surface area contributed by atoms with E-state index in [0.717, 1.165) is 18.4 Å². The fourth-order valence-corrected chi connectivity index (χ4v) is 1.71. The Balaban J connectivity index is 2.05. The largest absolute Gasteiger partial charge is 0.494 e. The number of carbonyl (C=O) groups is 1. The number of amides is 1. The van der Waals surface area contributed by atoms with Gasteiger partial charge in [-0.1, -0.05) is 6.07 Å². The summed E-state index contributed by atoms with van der Waals surface area (Å²) in [6.45, 7) is 1.85. The number of hydrogen-bond acceptors (Lipinski definition) is 2. The molecule has 0 unspecified atom stereocenters. The molecule has 1 aromatic rings. The molecule has 1 aliphatic rings. The topological polar surface area (TPSA) is 38.3 Å². The number of halogens is 1. The van der Waals surface area contributed by atoms with Crippen LogP contribution in [-0.2, 0) is 4.79 Å². The van der Waals surface area contributed by atoms with Gasteiger partial charge in [0.15, 0.2) is 11.6 Å². The molecule has 0 heterocycles. The van der Waals surface area contributed by atoms with Gasteiger partial charge in [0.2, 0.25) is 5.91 Å². The number of carbonyl (C=O) groups excluding carboxylic acids is 1. The molecule has 4 heteroatoms. The summed E-state index contributed by atoms with van der Waals surface area (Å²) in [7, 11) is 1.43. The van der Waals surface area contributed by atoms with Crippen LogP contribution in [0.2, 0.25) is 0 Å². The molecule has 1 amide bonds. The van der Waals surface area contributed by atoms with E-state index < -0.39 is 5.82 Å². The van der Waals surface area contributed by atoms with Crippen LogP contribution in [0.3, 0.4) is 0 Å². The fraction of sp³-hybridized carbons (Fsp3) is 0.462. The lowest BCUT2D eigenvalue weighted by Gasteiger charge is -2.15. The fourth-order valence-electron chi connectivity index (χ4n) is 1.71. The van der Waals surface area contributed by atoms with Crippen LogP contribution in [0.15, 0.2) is 18.2 Å². The minimum atomic E-state index is -0.405. The van der Waals surface area contributed by atoms with Crippen molar-refractivity contribution < 1.29 is 13.9 Å². The Bertz CT molecular complexity index is 429. The first-order valence-electron chi connectivity index (χ1n) is 5.75. The van der Waals surface area contributed by atoms with Gasteiger partial charge < -0.3 is 10.1 Å². The second-order valence-corrected chi connectivity index (χ2v) is 4.40. The summed E-state index contributed by atoms with van der Waals surface area (Å²) in [4.78, 5) is 11.6. The average molecular weight is 237 g/mol. The molecule has 1 aliphatic carbocycles. The highest BCUT2D eigenvalue weighted by molar-refractivity contribution is 5.81. The highest BCUT2D eigenvalue weighted by atomic mass is 19.1. The monoisotopic (exact) mass is 237 g/mol. The third-order valence-corrected chi connectivity index (χ3v) is 2.98. The highest BCUT2D eigenvalue weighted by Gasteiger charge is 2.30. The van der Waals surface area contributed by atoms with Crippen molar-refractivity contribution in [2.45, 2.75) is 25.8 Å². The predicted molar refractivity (Wildman–Crippen MR) is 62.2 cm³/mol. The molecule has 3 nitrogen and oxygen atoms in total. The molecule has 0 aromatic heterocycles. The van der Waals surface area contributed by atoms with Crippen LogP contribution in [0.1, 0.15) is 31.4 Å². The number of ether oxygens (including phenoxy) is 1. The minimum absolute atomic E-state index is 0.0636. The first-order valence-corrected chi connectivity index (χ1v) is 5.75. The Morgan fingerprint density at radius 1 is 1.53 bits per heavy atom. The number of hydrogen-bond donors (Lipinski definition) is 1. The maximum Gasteiger partial charge on any atom is 0.223 e. The van der Waals surface area contributed by atoms with Crippen molar-refractivity contribution in [1.29, 1.82) is 0 Å². The van der Waals surface area contributed by atoms with Crippen molar-refractivity contribution >= 4 is 5.91 Å². The SMILES string of the molecule is COc1ccc([C@@H](C)NC(=O)C2CC2)cc1F. The lowest BCUT2D eigenvalue weighted by Crippen LogP contribution is -2.27. The van der Waals surface area contributed by atoms with Gasteiger partial charge in [0.25, 0.3) is 0 Å². The molecule has 2 rings (SSSR count). The number of benzene rings is 1. The Hall–Kier alpha value is -1.58. The molecule has 92 valence electrons. The minimum Gasteiger partial charge on any atom is -0.494 e. The molecule has 1 N–H and O–H groups in total. The van der Waals surface area contributed by atoms with E-state index >= 15 is 0 Å². The summed E-state index contributed by atoms with van der Waals surface area (Å²) in [5.74, 6) is 0.0428.